The summed E-state index contributed by atoms with van der Waals surface area (Å²) in [6.45, 7) is 6.57. The summed E-state index contributed by atoms with van der Waals surface area (Å²) in [5.41, 5.74) is 1.34. The molecule has 0 amide bonds. The largest absolute Gasteiger partial charge is 0.378 e. The van der Waals surface area contributed by atoms with Crippen LogP contribution in [0.5, 0.6) is 0 Å². The lowest BCUT2D eigenvalue weighted by Crippen LogP contribution is -2.35. The van der Waals surface area contributed by atoms with Crippen LogP contribution in [-0.2, 0) is 9.09 Å². The SMILES string of the molecule is CC(C)[C@@H]1CC[C@@H](C)C[C@H]1O[P@](=O)(c1ccc(N(C)C)cc1)[C@H](O)c1ccc(Cl)cc1Cl. The third-order valence-electron chi connectivity index (χ3n) is 6.54. The molecule has 2 aromatic rings. The van der Waals surface area contributed by atoms with Gasteiger partial charge in [-0.15, -0.1) is 0 Å². The van der Waals surface area contributed by atoms with Gasteiger partial charge in [-0.25, -0.2) is 0 Å². The maximum absolute atomic E-state index is 14.6. The normalized spacial score (nSPS) is 24.2. The number of rotatable bonds is 7. The van der Waals surface area contributed by atoms with Gasteiger partial charge in [0.15, 0.2) is 5.85 Å². The maximum Gasteiger partial charge on any atom is 0.264 e. The van der Waals surface area contributed by atoms with E-state index in [1.165, 1.54) is 0 Å². The fraction of sp³-hybridized carbons (Fsp3) is 0.520. The second-order valence-electron chi connectivity index (χ2n) is 9.52. The van der Waals surface area contributed by atoms with Gasteiger partial charge < -0.3 is 14.5 Å². The number of aliphatic hydroxyl groups excluding tert-OH is 1. The Labute approximate surface area is 202 Å². The molecule has 1 fully saturated rings. The van der Waals surface area contributed by atoms with Crippen LogP contribution in [0.2, 0.25) is 10.0 Å². The molecule has 0 radical (unpaired) electrons. The predicted octanol–water partition coefficient (Wildman–Crippen LogP) is 7.13. The minimum Gasteiger partial charge on any atom is -0.378 e. The highest BCUT2D eigenvalue weighted by atomic mass is 35.5. The summed E-state index contributed by atoms with van der Waals surface area (Å²) in [4.78, 5) is 1.97. The van der Waals surface area contributed by atoms with Crippen molar-refractivity contribution < 1.29 is 14.2 Å². The summed E-state index contributed by atoms with van der Waals surface area (Å²) in [6.07, 6.45) is 2.79. The standard InChI is InChI=1S/C25H34Cl2NO3P/c1-16(2)21-12-6-17(3)14-24(21)31-32(30,20-10-8-19(9-11-20)28(4)5)25(29)22-13-7-18(26)15-23(22)27/h7-11,13,15-17,21,24-25,29H,6,12,14H2,1-5H3/t17-,21+,24-,25+,32-/m1/s1. The van der Waals surface area contributed by atoms with E-state index in [4.69, 9.17) is 27.7 Å². The van der Waals surface area contributed by atoms with Gasteiger partial charge in [-0.05, 0) is 67.0 Å². The third kappa shape index (κ3) is 5.54. The average Bonchev–Trinajstić information content (AvgIpc) is 2.73. The van der Waals surface area contributed by atoms with E-state index in [1.54, 1.807) is 30.3 Å². The van der Waals surface area contributed by atoms with Gasteiger partial charge in [-0.2, -0.15) is 0 Å². The molecule has 0 spiro atoms. The lowest BCUT2D eigenvalue weighted by Gasteiger charge is -2.40. The van der Waals surface area contributed by atoms with Gasteiger partial charge in [0.25, 0.3) is 7.37 Å². The molecule has 1 N–H and O–H groups in total. The highest BCUT2D eigenvalue weighted by Crippen LogP contribution is 2.61. The fourth-order valence-corrected chi connectivity index (χ4v) is 7.46. The first kappa shape index (κ1) is 25.6. The smallest absolute Gasteiger partial charge is 0.264 e. The molecule has 0 unspecified atom stereocenters. The van der Waals surface area contributed by atoms with Crippen LogP contribution in [0.4, 0.5) is 5.69 Å². The summed E-state index contributed by atoms with van der Waals surface area (Å²) >= 11 is 12.5. The fourth-order valence-electron chi connectivity index (χ4n) is 4.55. The zero-order valence-corrected chi connectivity index (χ0v) is 21.9. The van der Waals surface area contributed by atoms with Crippen molar-refractivity contribution in [3.63, 3.8) is 0 Å². The van der Waals surface area contributed by atoms with Crippen molar-refractivity contribution >= 4 is 41.6 Å². The molecule has 1 saturated carbocycles. The van der Waals surface area contributed by atoms with E-state index in [1.807, 2.05) is 31.1 Å². The Morgan fingerprint density at radius 3 is 2.31 bits per heavy atom. The topological polar surface area (TPSA) is 49.8 Å². The Morgan fingerprint density at radius 1 is 1.09 bits per heavy atom. The predicted molar refractivity (Wildman–Crippen MR) is 136 cm³/mol. The molecule has 176 valence electrons. The first-order valence-electron chi connectivity index (χ1n) is 11.2. The molecule has 1 aliphatic carbocycles. The lowest BCUT2D eigenvalue weighted by atomic mass is 9.75. The Kier molecular flexibility index (Phi) is 8.39. The zero-order chi connectivity index (χ0) is 23.6. The quantitative estimate of drug-likeness (QED) is 0.413. The van der Waals surface area contributed by atoms with Crippen LogP contribution in [-0.4, -0.2) is 25.3 Å². The average molecular weight is 498 g/mol. The third-order valence-corrected chi connectivity index (χ3v) is 9.63. The molecule has 1 aliphatic rings. The summed E-state index contributed by atoms with van der Waals surface area (Å²) in [5.74, 6) is -0.222. The minimum absolute atomic E-state index is 0.196. The van der Waals surface area contributed by atoms with Crippen LogP contribution >= 0.6 is 30.6 Å². The number of nitrogens with zero attached hydrogens (tertiary/aromatic N) is 1. The van der Waals surface area contributed by atoms with E-state index in [0.29, 0.717) is 27.7 Å². The molecule has 3 rings (SSSR count). The van der Waals surface area contributed by atoms with Crippen molar-refractivity contribution in [3.8, 4) is 0 Å². The Bertz CT molecular complexity index is 964. The van der Waals surface area contributed by atoms with E-state index in [-0.39, 0.29) is 17.0 Å². The van der Waals surface area contributed by atoms with Crippen molar-refractivity contribution in [2.75, 3.05) is 19.0 Å². The van der Waals surface area contributed by atoms with Gasteiger partial charge in [0.05, 0.1) is 6.10 Å². The van der Waals surface area contributed by atoms with Gasteiger partial charge in [0.2, 0.25) is 0 Å². The van der Waals surface area contributed by atoms with E-state index in [9.17, 15) is 9.67 Å². The number of aliphatic hydroxyl groups is 1. The molecule has 5 atom stereocenters. The summed E-state index contributed by atoms with van der Waals surface area (Å²) in [7, 11) is 0.158. The molecule has 0 aliphatic heterocycles. The minimum atomic E-state index is -3.74. The molecule has 2 aromatic carbocycles. The summed E-state index contributed by atoms with van der Waals surface area (Å²) in [5, 5.41) is 12.7. The van der Waals surface area contributed by atoms with Crippen LogP contribution < -0.4 is 10.2 Å². The highest BCUT2D eigenvalue weighted by molar-refractivity contribution is 7.67. The van der Waals surface area contributed by atoms with Crippen LogP contribution in [0.1, 0.15) is 51.4 Å². The van der Waals surface area contributed by atoms with Gasteiger partial charge in [-0.1, -0.05) is 56.5 Å². The van der Waals surface area contributed by atoms with E-state index < -0.39 is 13.2 Å². The van der Waals surface area contributed by atoms with Gasteiger partial charge in [0.1, 0.15) is 0 Å². The monoisotopic (exact) mass is 497 g/mol. The first-order chi connectivity index (χ1) is 15.0. The van der Waals surface area contributed by atoms with E-state index >= 15 is 0 Å². The molecule has 0 saturated heterocycles. The molecule has 4 nitrogen and oxygen atoms in total. The van der Waals surface area contributed by atoms with Crippen molar-refractivity contribution in [2.45, 2.75) is 52.0 Å². The van der Waals surface area contributed by atoms with Crippen LogP contribution in [0, 0.1) is 17.8 Å². The number of hydrogen-bond donors (Lipinski definition) is 1. The lowest BCUT2D eigenvalue weighted by molar-refractivity contribution is 0.0427. The van der Waals surface area contributed by atoms with Crippen LogP contribution in [0.15, 0.2) is 42.5 Å². The van der Waals surface area contributed by atoms with Crippen molar-refractivity contribution in [1.29, 1.82) is 0 Å². The molecule has 0 heterocycles. The second-order valence-corrected chi connectivity index (χ2v) is 12.8. The summed E-state index contributed by atoms with van der Waals surface area (Å²) < 4.78 is 21.1. The van der Waals surface area contributed by atoms with Crippen LogP contribution in [0.3, 0.4) is 0 Å². The second kappa shape index (κ2) is 10.5. The number of halogens is 2. The molecule has 32 heavy (non-hydrogen) atoms. The van der Waals surface area contributed by atoms with Crippen molar-refractivity contribution in [3.05, 3.63) is 58.1 Å². The molecule has 7 heteroatoms. The van der Waals surface area contributed by atoms with E-state index in [2.05, 4.69) is 20.8 Å². The first-order valence-corrected chi connectivity index (χ1v) is 13.7. The molecule has 0 aromatic heterocycles. The highest BCUT2D eigenvalue weighted by Gasteiger charge is 2.43. The summed E-state index contributed by atoms with van der Waals surface area (Å²) in [6, 6.07) is 12.2. The van der Waals surface area contributed by atoms with E-state index in [0.717, 1.165) is 24.9 Å². The number of anilines is 1. The molecular weight excluding hydrogens is 464 g/mol. The van der Waals surface area contributed by atoms with Gasteiger partial charge in [0, 0.05) is 40.7 Å². The zero-order valence-electron chi connectivity index (χ0n) is 19.5. The Balaban J connectivity index is 2.06. The number of benzene rings is 2. The molecule has 0 bridgehead atoms. The Hall–Kier alpha value is -1.03. The molecular formula is C25H34Cl2NO3P. The maximum atomic E-state index is 14.6. The Morgan fingerprint density at radius 2 is 1.75 bits per heavy atom. The number of hydrogen-bond acceptors (Lipinski definition) is 4. The van der Waals surface area contributed by atoms with Crippen molar-refractivity contribution in [2.24, 2.45) is 17.8 Å². The van der Waals surface area contributed by atoms with Gasteiger partial charge >= 0.3 is 0 Å². The van der Waals surface area contributed by atoms with Crippen molar-refractivity contribution in [1.82, 2.24) is 0 Å². The van der Waals surface area contributed by atoms with Crippen LogP contribution in [0.25, 0.3) is 0 Å². The van der Waals surface area contributed by atoms with Gasteiger partial charge in [-0.3, -0.25) is 4.57 Å².